The average molecular weight is 285 g/mol. The van der Waals surface area contributed by atoms with Gasteiger partial charge in [-0.2, -0.15) is 0 Å². The van der Waals surface area contributed by atoms with Crippen LogP contribution in [0.2, 0.25) is 0 Å². The SMILES string of the molecule is CCCNCc1cc(C)nc(C(OC)c2ccccc2)n1. The van der Waals surface area contributed by atoms with Crippen LogP contribution in [0.1, 0.15) is 42.2 Å². The van der Waals surface area contributed by atoms with E-state index in [1.807, 2.05) is 43.3 Å². The van der Waals surface area contributed by atoms with E-state index in [2.05, 4.69) is 22.2 Å². The van der Waals surface area contributed by atoms with Gasteiger partial charge in [-0.1, -0.05) is 37.3 Å². The molecule has 0 bridgehead atoms. The Morgan fingerprint density at radius 2 is 1.95 bits per heavy atom. The first kappa shape index (κ1) is 15.6. The van der Waals surface area contributed by atoms with Crippen molar-refractivity contribution in [3.05, 3.63) is 59.2 Å². The molecule has 0 saturated carbocycles. The topological polar surface area (TPSA) is 47.0 Å². The molecular formula is C17H23N3O. The van der Waals surface area contributed by atoms with Crippen molar-refractivity contribution in [1.29, 1.82) is 0 Å². The summed E-state index contributed by atoms with van der Waals surface area (Å²) in [4.78, 5) is 9.20. The van der Waals surface area contributed by atoms with E-state index in [9.17, 15) is 0 Å². The maximum atomic E-state index is 5.61. The zero-order valence-electron chi connectivity index (χ0n) is 13.0. The second-order valence-corrected chi connectivity index (χ2v) is 5.06. The van der Waals surface area contributed by atoms with Gasteiger partial charge in [0.05, 0.1) is 5.69 Å². The molecule has 1 aromatic carbocycles. The van der Waals surface area contributed by atoms with Gasteiger partial charge >= 0.3 is 0 Å². The van der Waals surface area contributed by atoms with Crippen LogP contribution in [0.5, 0.6) is 0 Å². The highest BCUT2D eigenvalue weighted by molar-refractivity contribution is 5.24. The van der Waals surface area contributed by atoms with E-state index >= 15 is 0 Å². The van der Waals surface area contributed by atoms with E-state index in [1.165, 1.54) is 0 Å². The molecule has 0 aliphatic heterocycles. The minimum Gasteiger partial charge on any atom is -0.369 e. The molecule has 21 heavy (non-hydrogen) atoms. The van der Waals surface area contributed by atoms with Crippen LogP contribution in [0.3, 0.4) is 0 Å². The molecule has 0 radical (unpaired) electrons. The Morgan fingerprint density at radius 3 is 2.62 bits per heavy atom. The Balaban J connectivity index is 2.25. The molecule has 0 spiro atoms. The fraction of sp³-hybridized carbons (Fsp3) is 0.412. The molecule has 112 valence electrons. The van der Waals surface area contributed by atoms with E-state index in [4.69, 9.17) is 4.74 Å². The summed E-state index contributed by atoms with van der Waals surface area (Å²) in [6.07, 6.45) is 0.887. The van der Waals surface area contributed by atoms with Gasteiger partial charge in [0.15, 0.2) is 5.82 Å². The molecule has 1 aromatic heterocycles. The van der Waals surface area contributed by atoms with Crippen LogP contribution in [-0.4, -0.2) is 23.6 Å². The monoisotopic (exact) mass is 285 g/mol. The van der Waals surface area contributed by atoms with Gasteiger partial charge in [-0.25, -0.2) is 9.97 Å². The average Bonchev–Trinajstić information content (AvgIpc) is 2.49. The fourth-order valence-electron chi connectivity index (χ4n) is 2.28. The third-order valence-electron chi connectivity index (χ3n) is 3.23. The van der Waals surface area contributed by atoms with Gasteiger partial charge < -0.3 is 10.1 Å². The lowest BCUT2D eigenvalue weighted by atomic mass is 10.1. The Morgan fingerprint density at radius 1 is 1.19 bits per heavy atom. The maximum Gasteiger partial charge on any atom is 0.162 e. The van der Waals surface area contributed by atoms with E-state index in [0.717, 1.165) is 42.3 Å². The normalized spacial score (nSPS) is 12.3. The minimum absolute atomic E-state index is 0.226. The number of nitrogens with zero attached hydrogens (tertiary/aromatic N) is 2. The third kappa shape index (κ3) is 4.34. The van der Waals surface area contributed by atoms with Gasteiger partial charge in [0, 0.05) is 19.3 Å². The Kier molecular flexibility index (Phi) is 5.84. The number of hydrogen-bond donors (Lipinski definition) is 1. The smallest absolute Gasteiger partial charge is 0.162 e. The summed E-state index contributed by atoms with van der Waals surface area (Å²) in [7, 11) is 1.69. The number of rotatable bonds is 7. The van der Waals surface area contributed by atoms with Crippen molar-refractivity contribution in [3.63, 3.8) is 0 Å². The lowest BCUT2D eigenvalue weighted by Gasteiger charge is -2.16. The third-order valence-corrected chi connectivity index (χ3v) is 3.23. The van der Waals surface area contributed by atoms with E-state index in [1.54, 1.807) is 7.11 Å². The second-order valence-electron chi connectivity index (χ2n) is 5.06. The summed E-state index contributed by atoms with van der Waals surface area (Å²) in [5.74, 6) is 0.719. The first-order chi connectivity index (χ1) is 10.2. The summed E-state index contributed by atoms with van der Waals surface area (Å²) in [6, 6.07) is 12.1. The van der Waals surface area contributed by atoms with E-state index in [-0.39, 0.29) is 6.10 Å². The highest BCUT2D eigenvalue weighted by Crippen LogP contribution is 2.22. The molecule has 1 N–H and O–H groups in total. The van der Waals surface area contributed by atoms with Gasteiger partial charge in [0.25, 0.3) is 0 Å². The molecule has 0 amide bonds. The van der Waals surface area contributed by atoms with Crippen molar-refractivity contribution in [2.75, 3.05) is 13.7 Å². The molecular weight excluding hydrogens is 262 g/mol. The number of hydrogen-bond acceptors (Lipinski definition) is 4. The molecule has 2 aromatic rings. The Hall–Kier alpha value is -1.78. The van der Waals surface area contributed by atoms with Crippen LogP contribution in [-0.2, 0) is 11.3 Å². The lowest BCUT2D eigenvalue weighted by molar-refractivity contribution is 0.128. The van der Waals surface area contributed by atoms with Crippen molar-refractivity contribution in [1.82, 2.24) is 15.3 Å². The highest BCUT2D eigenvalue weighted by Gasteiger charge is 2.17. The van der Waals surface area contributed by atoms with E-state index < -0.39 is 0 Å². The summed E-state index contributed by atoms with van der Waals surface area (Å²) in [5.41, 5.74) is 3.04. The number of aryl methyl sites for hydroxylation is 1. The molecule has 4 heteroatoms. The largest absolute Gasteiger partial charge is 0.369 e. The van der Waals surface area contributed by atoms with Gasteiger partial charge in [0.1, 0.15) is 6.10 Å². The predicted octanol–water partition coefficient (Wildman–Crippen LogP) is 3.02. The highest BCUT2D eigenvalue weighted by atomic mass is 16.5. The van der Waals surface area contributed by atoms with Gasteiger partial charge in [0.2, 0.25) is 0 Å². The molecule has 4 nitrogen and oxygen atoms in total. The zero-order chi connectivity index (χ0) is 15.1. The number of aromatic nitrogens is 2. The first-order valence-electron chi connectivity index (χ1n) is 7.37. The van der Waals surface area contributed by atoms with Crippen LogP contribution in [0, 0.1) is 6.92 Å². The van der Waals surface area contributed by atoms with Crippen LogP contribution in [0.25, 0.3) is 0 Å². The molecule has 1 unspecified atom stereocenters. The van der Waals surface area contributed by atoms with Crippen LogP contribution in [0.4, 0.5) is 0 Å². The van der Waals surface area contributed by atoms with Crippen molar-refractivity contribution in [2.45, 2.75) is 32.9 Å². The van der Waals surface area contributed by atoms with Gasteiger partial charge in [-0.3, -0.25) is 0 Å². The predicted molar refractivity (Wildman–Crippen MR) is 84.1 cm³/mol. The quantitative estimate of drug-likeness (QED) is 0.794. The molecule has 0 fully saturated rings. The van der Waals surface area contributed by atoms with Crippen LogP contribution < -0.4 is 5.32 Å². The van der Waals surface area contributed by atoms with Crippen molar-refractivity contribution in [2.24, 2.45) is 0 Å². The number of benzene rings is 1. The number of nitrogens with one attached hydrogen (secondary N) is 1. The lowest BCUT2D eigenvalue weighted by Crippen LogP contribution is -2.17. The molecule has 1 heterocycles. The van der Waals surface area contributed by atoms with E-state index in [0.29, 0.717) is 0 Å². The summed E-state index contributed by atoms with van der Waals surface area (Å²) in [5, 5.41) is 3.37. The molecule has 0 aliphatic rings. The summed E-state index contributed by atoms with van der Waals surface area (Å²) in [6.45, 7) is 5.90. The van der Waals surface area contributed by atoms with Crippen molar-refractivity contribution >= 4 is 0 Å². The number of methoxy groups -OCH3 is 1. The maximum absolute atomic E-state index is 5.61. The molecule has 0 aliphatic carbocycles. The van der Waals surface area contributed by atoms with Crippen LogP contribution in [0.15, 0.2) is 36.4 Å². The van der Waals surface area contributed by atoms with Gasteiger partial charge in [-0.05, 0) is 31.5 Å². The fourth-order valence-corrected chi connectivity index (χ4v) is 2.28. The minimum atomic E-state index is -0.226. The Bertz CT molecular complexity index is 557. The Labute approximate surface area is 126 Å². The standard InChI is InChI=1S/C17H23N3O/c1-4-10-18-12-15-11-13(2)19-17(20-15)16(21-3)14-8-6-5-7-9-14/h5-9,11,16,18H,4,10,12H2,1-3H3. The first-order valence-corrected chi connectivity index (χ1v) is 7.37. The molecule has 1 atom stereocenters. The van der Waals surface area contributed by atoms with Crippen LogP contribution >= 0.6 is 0 Å². The second kappa shape index (κ2) is 7.86. The zero-order valence-corrected chi connectivity index (χ0v) is 13.0. The van der Waals surface area contributed by atoms with Crippen molar-refractivity contribution in [3.8, 4) is 0 Å². The summed E-state index contributed by atoms with van der Waals surface area (Å²) >= 11 is 0. The van der Waals surface area contributed by atoms with Crippen molar-refractivity contribution < 1.29 is 4.74 Å². The molecule has 2 rings (SSSR count). The summed E-state index contributed by atoms with van der Waals surface area (Å²) < 4.78 is 5.61. The number of ether oxygens (including phenoxy) is 1. The molecule has 0 saturated heterocycles. The van der Waals surface area contributed by atoms with Gasteiger partial charge in [-0.15, -0.1) is 0 Å².